The monoisotopic (exact) mass is 782 g/mol. The molecular formula is C36H44Cl2N2O11S. The van der Waals surface area contributed by atoms with Crippen LogP contribution in [-0.2, 0) is 56.3 Å². The van der Waals surface area contributed by atoms with Crippen LogP contribution < -0.4 is 14.8 Å². The van der Waals surface area contributed by atoms with Gasteiger partial charge in [0.15, 0.2) is 0 Å². The first kappa shape index (κ1) is 41.3. The molecule has 0 saturated carbocycles. The van der Waals surface area contributed by atoms with Crippen LogP contribution in [0.5, 0.6) is 11.5 Å². The van der Waals surface area contributed by atoms with Gasteiger partial charge in [-0.3, -0.25) is 4.79 Å². The highest BCUT2D eigenvalue weighted by Gasteiger charge is 2.44. The number of sulfonamides is 1. The number of nitrogens with zero attached hydrogens (tertiary/aromatic N) is 1. The van der Waals surface area contributed by atoms with Crippen molar-refractivity contribution in [3.8, 4) is 22.6 Å². The zero-order chi connectivity index (χ0) is 37.7. The lowest BCUT2D eigenvalue weighted by atomic mass is 9.97. The summed E-state index contributed by atoms with van der Waals surface area (Å²) in [6.07, 6.45) is 0.369. The van der Waals surface area contributed by atoms with E-state index in [0.29, 0.717) is 57.7 Å². The topological polar surface area (TPSA) is 148 Å². The van der Waals surface area contributed by atoms with Crippen LogP contribution >= 0.6 is 23.2 Å². The molecule has 1 N–H and O–H groups in total. The van der Waals surface area contributed by atoms with Crippen LogP contribution in [0.4, 0.5) is 0 Å². The van der Waals surface area contributed by atoms with E-state index < -0.39 is 34.0 Å². The third-order valence-corrected chi connectivity index (χ3v) is 10.5. The lowest BCUT2D eigenvalue weighted by molar-refractivity contribution is -0.146. The van der Waals surface area contributed by atoms with Crippen LogP contribution in [0.2, 0.25) is 10.0 Å². The molecule has 1 aliphatic rings. The van der Waals surface area contributed by atoms with E-state index in [-0.39, 0.29) is 34.3 Å². The van der Waals surface area contributed by atoms with Gasteiger partial charge in [-0.1, -0.05) is 47.5 Å². The van der Waals surface area contributed by atoms with Gasteiger partial charge >= 0.3 is 5.97 Å². The molecule has 4 rings (SSSR count). The molecule has 0 bridgehead atoms. The fourth-order valence-corrected chi connectivity index (χ4v) is 7.84. The first-order chi connectivity index (χ1) is 25.0. The summed E-state index contributed by atoms with van der Waals surface area (Å²) in [5.41, 5.74) is 3.09. The fraction of sp³-hybridized carbons (Fsp3) is 0.444. The number of amides is 1. The zero-order valence-electron chi connectivity index (χ0n) is 29.5. The molecule has 0 radical (unpaired) electrons. The van der Waals surface area contributed by atoms with Crippen molar-refractivity contribution < 1.29 is 51.2 Å². The van der Waals surface area contributed by atoms with Crippen molar-refractivity contribution in [2.75, 3.05) is 74.6 Å². The Morgan fingerprint density at radius 2 is 1.38 bits per heavy atom. The predicted molar refractivity (Wildman–Crippen MR) is 195 cm³/mol. The lowest BCUT2D eigenvalue weighted by Crippen LogP contribution is -2.60. The Bertz CT molecular complexity index is 1710. The minimum absolute atomic E-state index is 0.0944. The summed E-state index contributed by atoms with van der Waals surface area (Å²) >= 11 is 12.0. The fourth-order valence-electron chi connectivity index (χ4n) is 5.48. The smallest absolute Gasteiger partial charge is 0.328 e. The van der Waals surface area contributed by atoms with Crippen molar-refractivity contribution in [2.45, 2.75) is 36.4 Å². The summed E-state index contributed by atoms with van der Waals surface area (Å²) in [5, 5.41) is 2.98. The molecule has 3 aromatic rings. The van der Waals surface area contributed by atoms with E-state index >= 15 is 0 Å². The van der Waals surface area contributed by atoms with E-state index in [1.165, 1.54) is 25.3 Å². The normalized spacial score (nSPS) is 15.1. The van der Waals surface area contributed by atoms with Gasteiger partial charge in [-0.25, -0.2) is 13.2 Å². The zero-order valence-corrected chi connectivity index (χ0v) is 31.9. The summed E-state index contributed by atoms with van der Waals surface area (Å²) in [4.78, 5) is 26.0. The molecule has 284 valence electrons. The van der Waals surface area contributed by atoms with E-state index in [2.05, 4.69) is 5.32 Å². The predicted octanol–water partition coefficient (Wildman–Crippen LogP) is 4.54. The number of hydrogen-bond donors (Lipinski definition) is 1. The van der Waals surface area contributed by atoms with E-state index in [1.54, 1.807) is 21.3 Å². The first-order valence-corrected chi connectivity index (χ1v) is 18.6. The minimum atomic E-state index is -4.07. The second-order valence-electron chi connectivity index (χ2n) is 11.7. The van der Waals surface area contributed by atoms with Gasteiger partial charge in [0.2, 0.25) is 15.9 Å². The van der Waals surface area contributed by atoms with Crippen molar-refractivity contribution in [3.05, 3.63) is 75.8 Å². The van der Waals surface area contributed by atoms with E-state index in [9.17, 15) is 18.0 Å². The van der Waals surface area contributed by atoms with Crippen molar-refractivity contribution in [1.82, 2.24) is 9.62 Å². The van der Waals surface area contributed by atoms with Crippen molar-refractivity contribution in [3.63, 3.8) is 0 Å². The number of benzene rings is 3. The third kappa shape index (κ3) is 11.0. The highest BCUT2D eigenvalue weighted by atomic mass is 35.5. The van der Waals surface area contributed by atoms with Crippen LogP contribution in [0.3, 0.4) is 0 Å². The molecule has 16 heteroatoms. The number of carbonyl (C=O) groups is 2. The molecule has 0 aromatic heterocycles. The molecule has 1 saturated heterocycles. The number of esters is 1. The van der Waals surface area contributed by atoms with Crippen molar-refractivity contribution >= 4 is 45.1 Å². The van der Waals surface area contributed by atoms with Crippen molar-refractivity contribution in [2.24, 2.45) is 0 Å². The second kappa shape index (κ2) is 20.1. The standard InChI is InChI=1S/C36H44Cl2N2O11S/c1-45-11-12-49-13-14-50-15-16-51-23-25-18-32(46-2)34(33(19-25)47-3)26-7-5-24(6-8-26)17-30(36(42)48-4)39-35(41)31-9-10-40(31)52(43,44)29-21-27(37)20-28(38)22-29/h5-8,18-22,30-31H,9-17,23H2,1-4H3,(H,39,41)/t30-,31-/m0/s1. The van der Waals surface area contributed by atoms with Crippen LogP contribution in [0.25, 0.3) is 11.1 Å². The summed E-state index contributed by atoms with van der Waals surface area (Å²) in [6.45, 7) is 3.28. The largest absolute Gasteiger partial charge is 0.496 e. The summed E-state index contributed by atoms with van der Waals surface area (Å²) in [5.74, 6) is -0.137. The Morgan fingerprint density at radius 1 is 0.808 bits per heavy atom. The maximum atomic E-state index is 13.3. The van der Waals surface area contributed by atoms with Gasteiger partial charge < -0.3 is 38.5 Å². The van der Waals surface area contributed by atoms with Gasteiger partial charge in [-0.15, -0.1) is 0 Å². The number of hydrogen-bond acceptors (Lipinski definition) is 11. The van der Waals surface area contributed by atoms with Crippen LogP contribution in [-0.4, -0.2) is 111 Å². The van der Waals surface area contributed by atoms with Crippen molar-refractivity contribution in [1.29, 1.82) is 0 Å². The maximum absolute atomic E-state index is 13.3. The highest BCUT2D eigenvalue weighted by Crippen LogP contribution is 2.40. The highest BCUT2D eigenvalue weighted by molar-refractivity contribution is 7.89. The Labute approximate surface area is 314 Å². The summed E-state index contributed by atoms with van der Waals surface area (Å²) in [6, 6.07) is 13.0. The van der Waals surface area contributed by atoms with Gasteiger partial charge in [-0.05, 0) is 53.4 Å². The molecule has 1 amide bonds. The Hall–Kier alpha value is -3.47. The van der Waals surface area contributed by atoms with E-state index in [0.717, 1.165) is 26.6 Å². The molecule has 0 spiro atoms. The number of halogens is 2. The SMILES string of the molecule is COCCOCCOCCOCc1cc(OC)c(-c2ccc(C[C@H](NC(=O)[C@@H]3CCN3S(=O)(=O)c3cc(Cl)cc(Cl)c3)C(=O)OC)cc2)c(OC)c1. The molecule has 1 heterocycles. The summed E-state index contributed by atoms with van der Waals surface area (Å²) in [7, 11) is 1.91. The Morgan fingerprint density at radius 3 is 1.90 bits per heavy atom. The molecule has 2 atom stereocenters. The molecule has 52 heavy (non-hydrogen) atoms. The lowest BCUT2D eigenvalue weighted by Gasteiger charge is -2.38. The minimum Gasteiger partial charge on any atom is -0.496 e. The average Bonchev–Trinajstić information content (AvgIpc) is 3.10. The second-order valence-corrected chi connectivity index (χ2v) is 14.4. The summed E-state index contributed by atoms with van der Waals surface area (Å²) < 4.78 is 65.7. The van der Waals surface area contributed by atoms with E-state index in [4.69, 9.17) is 56.4 Å². The molecule has 3 aromatic carbocycles. The number of carbonyl (C=O) groups excluding carboxylic acids is 2. The number of nitrogens with one attached hydrogen (secondary N) is 1. The average molecular weight is 784 g/mol. The van der Waals surface area contributed by atoms with Gasteiger partial charge in [0.25, 0.3) is 0 Å². The van der Waals surface area contributed by atoms with Gasteiger partial charge in [0.05, 0.1) is 78.0 Å². The third-order valence-electron chi connectivity index (χ3n) is 8.21. The Kier molecular flexibility index (Phi) is 16.0. The molecule has 0 aliphatic carbocycles. The number of methoxy groups -OCH3 is 4. The first-order valence-electron chi connectivity index (χ1n) is 16.4. The van der Waals surface area contributed by atoms with E-state index in [1.807, 2.05) is 36.4 Å². The van der Waals surface area contributed by atoms with Gasteiger partial charge in [-0.2, -0.15) is 4.31 Å². The quantitative estimate of drug-likeness (QED) is 0.120. The van der Waals surface area contributed by atoms with Crippen LogP contribution in [0, 0.1) is 0 Å². The van der Waals surface area contributed by atoms with Gasteiger partial charge in [0, 0.05) is 30.1 Å². The molecule has 13 nitrogen and oxygen atoms in total. The molecule has 1 aliphatic heterocycles. The van der Waals surface area contributed by atoms with Crippen LogP contribution in [0.1, 0.15) is 17.5 Å². The van der Waals surface area contributed by atoms with Gasteiger partial charge in [0.1, 0.15) is 23.6 Å². The molecule has 1 fully saturated rings. The molecular weight excluding hydrogens is 739 g/mol. The molecule has 0 unspecified atom stereocenters. The Balaban J connectivity index is 1.38. The van der Waals surface area contributed by atoms with Crippen LogP contribution in [0.15, 0.2) is 59.5 Å². The number of ether oxygens (including phenoxy) is 7. The number of rotatable bonds is 21. The maximum Gasteiger partial charge on any atom is 0.328 e.